The van der Waals surface area contributed by atoms with Crippen molar-refractivity contribution >= 4 is 17.8 Å². The van der Waals surface area contributed by atoms with E-state index >= 15 is 0 Å². The predicted molar refractivity (Wildman–Crippen MR) is 76.1 cm³/mol. The Bertz CT molecular complexity index is 531. The van der Waals surface area contributed by atoms with Crippen molar-refractivity contribution in [1.82, 2.24) is 14.7 Å². The van der Waals surface area contributed by atoms with Gasteiger partial charge >= 0.3 is 12.0 Å². The number of anilines is 1. The van der Waals surface area contributed by atoms with Crippen molar-refractivity contribution in [1.29, 1.82) is 0 Å². The summed E-state index contributed by atoms with van der Waals surface area (Å²) in [6.07, 6.45) is 4.63. The van der Waals surface area contributed by atoms with Crippen molar-refractivity contribution < 1.29 is 14.7 Å². The number of carbonyl (C=O) groups is 2. The quantitative estimate of drug-likeness (QED) is 0.865. The number of nitrogens with one attached hydrogen (secondary N) is 1. The van der Waals surface area contributed by atoms with Crippen LogP contribution in [0.3, 0.4) is 0 Å². The normalized spacial score (nSPS) is 21.7. The molecule has 0 aromatic carbocycles. The fourth-order valence-corrected chi connectivity index (χ4v) is 3.03. The van der Waals surface area contributed by atoms with Gasteiger partial charge in [-0.05, 0) is 32.1 Å². The van der Waals surface area contributed by atoms with Crippen LogP contribution >= 0.6 is 0 Å². The van der Waals surface area contributed by atoms with Gasteiger partial charge < -0.3 is 10.0 Å². The van der Waals surface area contributed by atoms with Crippen LogP contribution in [0.4, 0.5) is 10.6 Å². The largest absolute Gasteiger partial charge is 0.481 e. The summed E-state index contributed by atoms with van der Waals surface area (Å²) < 4.78 is 1.94. The molecule has 114 valence electrons. The van der Waals surface area contributed by atoms with Crippen LogP contribution in [-0.2, 0) is 17.8 Å². The minimum absolute atomic E-state index is 0.253. The fourth-order valence-electron chi connectivity index (χ4n) is 3.03. The molecule has 0 saturated carbocycles. The van der Waals surface area contributed by atoms with Gasteiger partial charge in [0.05, 0.1) is 5.92 Å². The lowest BCUT2D eigenvalue weighted by Gasteiger charge is -2.30. The Morgan fingerprint density at radius 3 is 2.90 bits per heavy atom. The first kappa shape index (κ1) is 13.9. The third kappa shape index (κ3) is 3.01. The Hall–Kier alpha value is -2.05. The number of carboxylic acids is 1. The third-order valence-corrected chi connectivity index (χ3v) is 4.21. The third-order valence-electron chi connectivity index (χ3n) is 4.21. The van der Waals surface area contributed by atoms with Crippen molar-refractivity contribution in [2.45, 2.75) is 38.6 Å². The summed E-state index contributed by atoms with van der Waals surface area (Å²) in [5.41, 5.74) is 1.15. The van der Waals surface area contributed by atoms with Crippen LogP contribution in [-0.4, -0.2) is 44.9 Å². The number of carbonyl (C=O) groups excluding carboxylic acids is 1. The number of urea groups is 1. The molecule has 0 radical (unpaired) electrons. The van der Waals surface area contributed by atoms with Crippen molar-refractivity contribution in [2.75, 3.05) is 18.4 Å². The van der Waals surface area contributed by atoms with E-state index in [1.165, 1.54) is 0 Å². The van der Waals surface area contributed by atoms with E-state index in [1.807, 2.05) is 10.7 Å². The molecular weight excluding hydrogens is 272 g/mol. The number of rotatable bonds is 2. The van der Waals surface area contributed by atoms with E-state index in [0.29, 0.717) is 18.8 Å². The number of amides is 2. The van der Waals surface area contributed by atoms with Crippen LogP contribution in [0.5, 0.6) is 0 Å². The number of likely N-dealkylation sites (tertiary alicyclic amines) is 1. The number of piperidine rings is 1. The standard InChI is InChI=1S/C14H20N4O3/c19-13(20)10-4-3-6-17(9-10)14(21)15-12-8-11-5-1-2-7-18(11)16-12/h8,10H,1-7,9H2,(H,19,20)(H,15,16,21). The lowest BCUT2D eigenvalue weighted by atomic mass is 9.99. The highest BCUT2D eigenvalue weighted by Crippen LogP contribution is 2.20. The first-order valence-corrected chi connectivity index (χ1v) is 7.49. The average Bonchev–Trinajstić information content (AvgIpc) is 2.89. The topological polar surface area (TPSA) is 87.5 Å². The molecule has 0 spiro atoms. The number of nitrogens with zero attached hydrogens (tertiary/aromatic N) is 3. The van der Waals surface area contributed by atoms with E-state index in [0.717, 1.165) is 37.9 Å². The van der Waals surface area contributed by atoms with E-state index in [2.05, 4.69) is 10.4 Å². The van der Waals surface area contributed by atoms with Gasteiger partial charge in [0.15, 0.2) is 5.82 Å². The summed E-state index contributed by atoms with van der Waals surface area (Å²) in [6.45, 7) is 1.77. The van der Waals surface area contributed by atoms with E-state index in [-0.39, 0.29) is 12.6 Å². The molecule has 0 aliphatic carbocycles. The fraction of sp³-hybridized carbons (Fsp3) is 0.643. The Morgan fingerprint density at radius 2 is 2.14 bits per heavy atom. The molecule has 2 N–H and O–H groups in total. The van der Waals surface area contributed by atoms with Crippen molar-refractivity contribution in [3.05, 3.63) is 11.8 Å². The molecule has 1 aromatic rings. The summed E-state index contributed by atoms with van der Waals surface area (Å²) in [4.78, 5) is 24.8. The van der Waals surface area contributed by atoms with Crippen molar-refractivity contribution in [3.8, 4) is 0 Å². The van der Waals surface area contributed by atoms with Gasteiger partial charge in [0.1, 0.15) is 0 Å². The number of hydrogen-bond donors (Lipinski definition) is 2. The molecule has 1 fully saturated rings. The summed E-state index contributed by atoms with van der Waals surface area (Å²) in [6, 6.07) is 1.66. The van der Waals surface area contributed by atoms with E-state index in [9.17, 15) is 9.59 Å². The van der Waals surface area contributed by atoms with Crippen LogP contribution in [0.1, 0.15) is 31.4 Å². The molecule has 1 unspecified atom stereocenters. The number of carboxylic acid groups (broad SMARTS) is 1. The molecule has 1 aromatic heterocycles. The van der Waals surface area contributed by atoms with E-state index < -0.39 is 11.9 Å². The van der Waals surface area contributed by atoms with Crippen LogP contribution in [0.25, 0.3) is 0 Å². The van der Waals surface area contributed by atoms with Gasteiger partial charge in [-0.25, -0.2) is 4.79 Å². The highest BCUT2D eigenvalue weighted by atomic mass is 16.4. The second kappa shape index (κ2) is 5.75. The number of aromatic nitrogens is 2. The van der Waals surface area contributed by atoms with E-state index in [1.54, 1.807) is 4.90 Å². The maximum Gasteiger partial charge on any atom is 0.323 e. The number of aliphatic carboxylic acids is 1. The highest BCUT2D eigenvalue weighted by Gasteiger charge is 2.28. The molecule has 1 saturated heterocycles. The van der Waals surface area contributed by atoms with Crippen LogP contribution in [0, 0.1) is 5.92 Å². The summed E-state index contributed by atoms with van der Waals surface area (Å²) in [5, 5.41) is 16.2. The number of fused-ring (bicyclic) bond motifs is 1. The first-order chi connectivity index (χ1) is 10.1. The molecule has 0 bridgehead atoms. The second-order valence-corrected chi connectivity index (χ2v) is 5.75. The van der Waals surface area contributed by atoms with E-state index in [4.69, 9.17) is 5.11 Å². The van der Waals surface area contributed by atoms with Gasteiger partial charge in [0.25, 0.3) is 0 Å². The molecular formula is C14H20N4O3. The molecule has 2 amide bonds. The zero-order valence-electron chi connectivity index (χ0n) is 11.9. The molecule has 3 rings (SSSR count). The van der Waals surface area contributed by atoms with Crippen LogP contribution in [0.2, 0.25) is 0 Å². The van der Waals surface area contributed by atoms with Gasteiger partial charge in [-0.3, -0.25) is 14.8 Å². The maximum atomic E-state index is 12.2. The average molecular weight is 292 g/mol. The second-order valence-electron chi connectivity index (χ2n) is 5.75. The van der Waals surface area contributed by atoms with Crippen LogP contribution in [0.15, 0.2) is 6.07 Å². The van der Waals surface area contributed by atoms with Crippen LogP contribution < -0.4 is 5.32 Å². The first-order valence-electron chi connectivity index (χ1n) is 7.49. The number of aryl methyl sites for hydroxylation is 2. The van der Waals surface area contributed by atoms with Crippen molar-refractivity contribution in [2.24, 2.45) is 5.92 Å². The Morgan fingerprint density at radius 1 is 1.29 bits per heavy atom. The lowest BCUT2D eigenvalue weighted by molar-refractivity contribution is -0.143. The molecule has 1 atom stereocenters. The summed E-state index contributed by atoms with van der Waals surface area (Å²) >= 11 is 0. The van der Waals surface area contributed by atoms with Gasteiger partial charge in [-0.2, -0.15) is 5.10 Å². The number of hydrogen-bond acceptors (Lipinski definition) is 3. The lowest BCUT2D eigenvalue weighted by Crippen LogP contribution is -2.44. The van der Waals surface area contributed by atoms with Gasteiger partial charge in [-0.1, -0.05) is 0 Å². The Labute approximate surface area is 122 Å². The molecule has 21 heavy (non-hydrogen) atoms. The zero-order chi connectivity index (χ0) is 14.8. The minimum Gasteiger partial charge on any atom is -0.481 e. The SMILES string of the molecule is O=C(O)C1CCCN(C(=O)Nc2cc3n(n2)CCCC3)C1. The molecule has 2 aliphatic rings. The van der Waals surface area contributed by atoms with Gasteiger partial charge in [0, 0.05) is 31.4 Å². The minimum atomic E-state index is -0.829. The zero-order valence-corrected chi connectivity index (χ0v) is 11.9. The monoisotopic (exact) mass is 292 g/mol. The van der Waals surface area contributed by atoms with Gasteiger partial charge in [0.2, 0.25) is 0 Å². The molecule has 3 heterocycles. The Kier molecular flexibility index (Phi) is 3.81. The highest BCUT2D eigenvalue weighted by molar-refractivity contribution is 5.88. The maximum absolute atomic E-state index is 12.2. The smallest absolute Gasteiger partial charge is 0.323 e. The predicted octanol–water partition coefficient (Wildman–Crippen LogP) is 1.55. The van der Waals surface area contributed by atoms with Crippen molar-refractivity contribution in [3.63, 3.8) is 0 Å². The summed E-state index contributed by atoms with van der Waals surface area (Å²) in [5.74, 6) is -0.723. The molecule has 2 aliphatic heterocycles. The Balaban J connectivity index is 1.63. The molecule has 7 nitrogen and oxygen atoms in total. The molecule has 7 heteroatoms. The summed E-state index contributed by atoms with van der Waals surface area (Å²) in [7, 11) is 0. The van der Waals surface area contributed by atoms with Gasteiger partial charge in [-0.15, -0.1) is 0 Å².